The van der Waals surface area contributed by atoms with Crippen molar-refractivity contribution in [3.63, 3.8) is 0 Å². The summed E-state index contributed by atoms with van der Waals surface area (Å²) in [6.07, 6.45) is 8.43. The quantitative estimate of drug-likeness (QED) is 0.511. The number of benzene rings is 2. The molecule has 25 heavy (non-hydrogen) atoms. The molecule has 0 saturated heterocycles. The number of rotatable bonds is 8. The average Bonchev–Trinajstić information content (AvgIpc) is 2.63. The Balaban J connectivity index is 2.26. The van der Waals surface area contributed by atoms with Crippen LogP contribution in [0.2, 0.25) is 0 Å². The van der Waals surface area contributed by atoms with Gasteiger partial charge < -0.3 is 9.47 Å². The highest BCUT2D eigenvalue weighted by molar-refractivity contribution is 5.66. The van der Waals surface area contributed by atoms with Crippen molar-refractivity contribution in [3.05, 3.63) is 65.7 Å². The van der Waals surface area contributed by atoms with Gasteiger partial charge >= 0.3 is 0 Å². The van der Waals surface area contributed by atoms with E-state index in [0.29, 0.717) is 6.61 Å². The fraction of sp³-hybridized carbons (Fsp3) is 0.304. The summed E-state index contributed by atoms with van der Waals surface area (Å²) < 4.78 is 11.8. The van der Waals surface area contributed by atoms with Gasteiger partial charge in [-0.15, -0.1) is 0 Å². The van der Waals surface area contributed by atoms with Crippen LogP contribution in [0.1, 0.15) is 51.7 Å². The van der Waals surface area contributed by atoms with Crippen molar-refractivity contribution in [1.29, 1.82) is 0 Å². The van der Waals surface area contributed by atoms with Gasteiger partial charge in [0, 0.05) is 0 Å². The van der Waals surface area contributed by atoms with Gasteiger partial charge in [-0.3, -0.25) is 0 Å². The van der Waals surface area contributed by atoms with E-state index < -0.39 is 0 Å². The summed E-state index contributed by atoms with van der Waals surface area (Å²) in [5.41, 5.74) is 3.72. The predicted molar refractivity (Wildman–Crippen MR) is 107 cm³/mol. The first-order valence-electron chi connectivity index (χ1n) is 9.08. The third-order valence-electron chi connectivity index (χ3n) is 3.91. The van der Waals surface area contributed by atoms with E-state index in [1.54, 1.807) is 0 Å². The predicted octanol–water partition coefficient (Wildman–Crippen LogP) is 7.11. The van der Waals surface area contributed by atoms with Crippen molar-refractivity contribution in [2.75, 3.05) is 6.61 Å². The van der Waals surface area contributed by atoms with E-state index in [9.17, 15) is 0 Å². The summed E-state index contributed by atoms with van der Waals surface area (Å²) in [6.45, 7) is 8.95. The van der Waals surface area contributed by atoms with Crippen molar-refractivity contribution in [1.82, 2.24) is 0 Å². The molecular weight excluding hydrogens is 308 g/mol. The molecule has 2 nitrogen and oxygen atoms in total. The number of hydrogen-bond acceptors (Lipinski definition) is 2. The molecular formula is C23H28O2. The van der Waals surface area contributed by atoms with Gasteiger partial charge in [-0.2, -0.15) is 0 Å². The Morgan fingerprint density at radius 2 is 1.72 bits per heavy atom. The van der Waals surface area contributed by atoms with Gasteiger partial charge in [-0.05, 0) is 67.7 Å². The monoisotopic (exact) mass is 336 g/mol. The second-order valence-electron chi connectivity index (χ2n) is 5.76. The van der Waals surface area contributed by atoms with Crippen molar-refractivity contribution in [2.45, 2.75) is 40.5 Å². The van der Waals surface area contributed by atoms with Crippen LogP contribution in [0.15, 0.2) is 54.6 Å². The lowest BCUT2D eigenvalue weighted by Crippen LogP contribution is -1.95. The summed E-state index contributed by atoms with van der Waals surface area (Å²) in [5, 5.41) is 0. The lowest BCUT2D eigenvalue weighted by molar-refractivity contribution is 0.321. The Kier molecular flexibility index (Phi) is 7.34. The van der Waals surface area contributed by atoms with E-state index in [4.69, 9.17) is 9.47 Å². The normalized spacial score (nSPS) is 11.8. The lowest BCUT2D eigenvalue weighted by Gasteiger charge is -2.13. The molecule has 132 valence electrons. The molecule has 0 N–H and O–H groups in total. The fourth-order valence-electron chi connectivity index (χ4n) is 2.75. The maximum Gasteiger partial charge on any atom is 0.169 e. The van der Waals surface area contributed by atoms with Gasteiger partial charge in [-0.1, -0.05) is 50.3 Å². The van der Waals surface area contributed by atoms with E-state index in [0.717, 1.165) is 35.7 Å². The maximum atomic E-state index is 6.10. The number of allylic oxidation sites excluding steroid dienone is 3. The van der Waals surface area contributed by atoms with Crippen LogP contribution in [-0.4, -0.2) is 6.61 Å². The molecule has 2 aromatic rings. The number of hydrogen-bond donors (Lipinski definition) is 0. The summed E-state index contributed by atoms with van der Waals surface area (Å²) in [4.78, 5) is 0. The second kappa shape index (κ2) is 9.73. The molecule has 0 bridgehead atoms. The van der Waals surface area contributed by atoms with Crippen molar-refractivity contribution >= 4 is 11.6 Å². The van der Waals surface area contributed by atoms with Crippen molar-refractivity contribution in [3.8, 4) is 17.2 Å². The highest BCUT2D eigenvalue weighted by Crippen LogP contribution is 2.33. The third kappa shape index (κ3) is 5.25. The molecule has 0 unspecified atom stereocenters. The zero-order chi connectivity index (χ0) is 18.1. The van der Waals surface area contributed by atoms with E-state index in [1.807, 2.05) is 50.3 Å². The SMILES string of the molecule is C/C=C/c1ccc(OCC)c(Oc2ccc(/C(=C/CC)CC)cc2)c1. The Labute approximate surface area is 151 Å². The molecule has 0 fully saturated rings. The first-order valence-corrected chi connectivity index (χ1v) is 9.08. The number of ether oxygens (including phenoxy) is 2. The zero-order valence-corrected chi connectivity index (χ0v) is 15.7. The summed E-state index contributed by atoms with van der Waals surface area (Å²) in [6, 6.07) is 14.3. The first kappa shape index (κ1) is 18.9. The van der Waals surface area contributed by atoms with Gasteiger partial charge in [0.25, 0.3) is 0 Å². The minimum absolute atomic E-state index is 0.611. The van der Waals surface area contributed by atoms with Crippen LogP contribution in [0.4, 0.5) is 0 Å². The molecule has 0 aromatic heterocycles. The van der Waals surface area contributed by atoms with Gasteiger partial charge in [-0.25, -0.2) is 0 Å². The molecule has 0 heterocycles. The molecule has 0 amide bonds. The minimum Gasteiger partial charge on any atom is -0.490 e. The fourth-order valence-corrected chi connectivity index (χ4v) is 2.75. The van der Waals surface area contributed by atoms with Crippen LogP contribution in [0, 0.1) is 0 Å². The van der Waals surface area contributed by atoms with Gasteiger partial charge in [0.15, 0.2) is 11.5 Å². The molecule has 0 saturated carbocycles. The Morgan fingerprint density at radius 1 is 0.960 bits per heavy atom. The van der Waals surface area contributed by atoms with Gasteiger partial charge in [0.05, 0.1) is 6.61 Å². The highest BCUT2D eigenvalue weighted by Gasteiger charge is 2.08. The molecule has 2 rings (SSSR count). The molecule has 0 spiro atoms. The smallest absolute Gasteiger partial charge is 0.169 e. The van der Waals surface area contributed by atoms with Crippen LogP contribution < -0.4 is 9.47 Å². The van der Waals surface area contributed by atoms with E-state index in [1.165, 1.54) is 11.1 Å². The Morgan fingerprint density at radius 3 is 2.32 bits per heavy atom. The summed E-state index contributed by atoms with van der Waals surface area (Å²) in [7, 11) is 0. The molecule has 0 aliphatic rings. The standard InChI is InChI=1S/C23H28O2/c1-5-9-18-11-16-22(24-8-4)23(17-18)25-21-14-12-20(13-15-21)19(7-3)10-6-2/h5,9-17H,6-8H2,1-4H3/b9-5+,19-10+. The van der Waals surface area contributed by atoms with Crippen LogP contribution in [0.3, 0.4) is 0 Å². The molecule has 2 aromatic carbocycles. The topological polar surface area (TPSA) is 18.5 Å². The average molecular weight is 336 g/mol. The first-order chi connectivity index (χ1) is 12.2. The van der Waals surface area contributed by atoms with Crippen LogP contribution in [0.5, 0.6) is 17.2 Å². The molecule has 0 atom stereocenters. The van der Waals surface area contributed by atoms with E-state index in [2.05, 4.69) is 38.1 Å². The lowest BCUT2D eigenvalue weighted by atomic mass is 10.0. The largest absolute Gasteiger partial charge is 0.490 e. The van der Waals surface area contributed by atoms with Gasteiger partial charge in [0.1, 0.15) is 5.75 Å². The minimum atomic E-state index is 0.611. The summed E-state index contributed by atoms with van der Waals surface area (Å²) in [5.74, 6) is 2.32. The van der Waals surface area contributed by atoms with E-state index >= 15 is 0 Å². The van der Waals surface area contributed by atoms with Gasteiger partial charge in [0.2, 0.25) is 0 Å². The van der Waals surface area contributed by atoms with E-state index in [-0.39, 0.29) is 0 Å². The molecule has 0 radical (unpaired) electrons. The van der Waals surface area contributed by atoms with Crippen molar-refractivity contribution in [2.24, 2.45) is 0 Å². The maximum absolute atomic E-state index is 6.10. The molecule has 2 heteroatoms. The Hall–Kier alpha value is -2.48. The second-order valence-corrected chi connectivity index (χ2v) is 5.76. The Bertz CT molecular complexity index is 724. The third-order valence-corrected chi connectivity index (χ3v) is 3.91. The van der Waals surface area contributed by atoms with Crippen LogP contribution in [-0.2, 0) is 0 Å². The van der Waals surface area contributed by atoms with Crippen LogP contribution >= 0.6 is 0 Å². The zero-order valence-electron chi connectivity index (χ0n) is 15.7. The molecule has 0 aliphatic carbocycles. The molecule has 0 aliphatic heterocycles. The summed E-state index contributed by atoms with van der Waals surface area (Å²) >= 11 is 0. The van der Waals surface area contributed by atoms with Crippen LogP contribution in [0.25, 0.3) is 11.6 Å². The highest BCUT2D eigenvalue weighted by atomic mass is 16.5. The van der Waals surface area contributed by atoms with Crippen molar-refractivity contribution < 1.29 is 9.47 Å².